The van der Waals surface area contributed by atoms with Gasteiger partial charge in [0.25, 0.3) is 0 Å². The van der Waals surface area contributed by atoms with E-state index in [9.17, 15) is 4.79 Å². The highest BCUT2D eigenvalue weighted by molar-refractivity contribution is 5.92. The first kappa shape index (κ1) is 19.9. The van der Waals surface area contributed by atoms with Crippen molar-refractivity contribution in [3.05, 3.63) is 29.8 Å². The molecule has 0 unspecified atom stereocenters. The molecule has 2 N–H and O–H groups in total. The van der Waals surface area contributed by atoms with Crippen LogP contribution in [0.1, 0.15) is 38.2 Å². The van der Waals surface area contributed by atoms with Crippen molar-refractivity contribution >= 4 is 24.0 Å². The Bertz CT molecular complexity index is 485. The molecule has 1 amide bonds. The molecule has 23 heavy (non-hydrogen) atoms. The molecule has 130 valence electrons. The van der Waals surface area contributed by atoms with Gasteiger partial charge < -0.3 is 10.6 Å². The van der Waals surface area contributed by atoms with E-state index in [4.69, 9.17) is 0 Å². The monoisotopic (exact) mass is 339 g/mol. The van der Waals surface area contributed by atoms with Crippen LogP contribution in [-0.2, 0) is 4.79 Å². The molecule has 1 aliphatic rings. The van der Waals surface area contributed by atoms with Crippen LogP contribution in [0.4, 0.5) is 5.69 Å². The summed E-state index contributed by atoms with van der Waals surface area (Å²) in [6.45, 7) is 7.95. The second-order valence-corrected chi connectivity index (χ2v) is 6.61. The maximum Gasteiger partial charge on any atom is 0.238 e. The summed E-state index contributed by atoms with van der Waals surface area (Å²) in [4.78, 5) is 14.5. The lowest BCUT2D eigenvalue weighted by atomic mass is 9.97. The maximum atomic E-state index is 12.2. The van der Waals surface area contributed by atoms with Crippen molar-refractivity contribution < 1.29 is 4.79 Å². The molecule has 1 aromatic carbocycles. The Kier molecular flexibility index (Phi) is 8.59. The number of nitrogens with one attached hydrogen (secondary N) is 2. The van der Waals surface area contributed by atoms with Crippen molar-refractivity contribution in [2.24, 2.45) is 5.92 Å². The number of benzene rings is 1. The molecule has 0 bridgehead atoms. The number of rotatable bonds is 6. The molecule has 5 heteroatoms. The van der Waals surface area contributed by atoms with Crippen LogP contribution in [0, 0.1) is 5.92 Å². The number of anilines is 1. The van der Waals surface area contributed by atoms with Crippen LogP contribution >= 0.6 is 12.4 Å². The van der Waals surface area contributed by atoms with Gasteiger partial charge in [-0.1, -0.05) is 26.0 Å². The van der Waals surface area contributed by atoms with Crippen molar-refractivity contribution in [3.63, 3.8) is 0 Å². The Balaban J connectivity index is 0.00000264. The Labute approximate surface area is 146 Å². The summed E-state index contributed by atoms with van der Waals surface area (Å²) in [5.74, 6) is 1.32. The maximum absolute atomic E-state index is 12.2. The summed E-state index contributed by atoms with van der Waals surface area (Å²) in [7, 11) is 2.01. The highest BCUT2D eigenvalue weighted by Crippen LogP contribution is 2.19. The smallest absolute Gasteiger partial charge is 0.238 e. The molecule has 1 heterocycles. The molecule has 1 saturated heterocycles. The Hall–Kier alpha value is -1.10. The Morgan fingerprint density at radius 3 is 2.61 bits per heavy atom. The molecule has 0 saturated carbocycles. The lowest BCUT2D eigenvalue weighted by molar-refractivity contribution is -0.117. The van der Waals surface area contributed by atoms with Crippen LogP contribution in [0.2, 0.25) is 0 Å². The average Bonchev–Trinajstić information content (AvgIpc) is 2.49. The van der Waals surface area contributed by atoms with Crippen LogP contribution in [0.5, 0.6) is 0 Å². The number of hydrogen-bond donors (Lipinski definition) is 2. The van der Waals surface area contributed by atoms with Gasteiger partial charge in [0.15, 0.2) is 0 Å². The van der Waals surface area contributed by atoms with Crippen molar-refractivity contribution in [2.75, 3.05) is 38.5 Å². The zero-order valence-electron chi connectivity index (χ0n) is 14.5. The molecule has 0 atom stereocenters. The van der Waals surface area contributed by atoms with Gasteiger partial charge in [-0.3, -0.25) is 9.69 Å². The molecular formula is C18H30ClN3O. The third-order valence-corrected chi connectivity index (χ3v) is 4.40. The van der Waals surface area contributed by atoms with Gasteiger partial charge >= 0.3 is 0 Å². The predicted molar refractivity (Wildman–Crippen MR) is 99.5 cm³/mol. The van der Waals surface area contributed by atoms with E-state index in [0.29, 0.717) is 12.5 Å². The van der Waals surface area contributed by atoms with Gasteiger partial charge in [-0.05, 0) is 69.1 Å². The molecule has 4 nitrogen and oxygen atoms in total. The lowest BCUT2D eigenvalue weighted by Gasteiger charge is -2.31. The second-order valence-electron chi connectivity index (χ2n) is 6.61. The fourth-order valence-corrected chi connectivity index (χ4v) is 3.02. The number of piperidine rings is 1. The molecule has 0 aliphatic carbocycles. The number of halogens is 1. The molecule has 1 fully saturated rings. The fraction of sp³-hybridized carbons (Fsp3) is 0.611. The molecule has 0 radical (unpaired) electrons. The van der Waals surface area contributed by atoms with Crippen molar-refractivity contribution in [2.45, 2.75) is 32.6 Å². The van der Waals surface area contributed by atoms with Gasteiger partial charge in [0.05, 0.1) is 6.54 Å². The number of amides is 1. The second kappa shape index (κ2) is 9.91. The number of carbonyl (C=O) groups excluding carboxylic acids is 1. The quantitative estimate of drug-likeness (QED) is 0.837. The normalized spacial score (nSPS) is 16.2. The molecule has 1 aromatic rings. The summed E-state index contributed by atoms with van der Waals surface area (Å²) in [6, 6.07) is 8.14. The van der Waals surface area contributed by atoms with Gasteiger partial charge in [-0.15, -0.1) is 12.4 Å². The zero-order valence-corrected chi connectivity index (χ0v) is 15.3. The molecular weight excluding hydrogens is 310 g/mol. The van der Waals surface area contributed by atoms with E-state index in [1.807, 2.05) is 19.2 Å². The van der Waals surface area contributed by atoms with E-state index >= 15 is 0 Å². The Morgan fingerprint density at radius 2 is 2.00 bits per heavy atom. The number of carbonyl (C=O) groups is 1. The van der Waals surface area contributed by atoms with Crippen molar-refractivity contribution in [1.82, 2.24) is 10.2 Å². The van der Waals surface area contributed by atoms with Crippen molar-refractivity contribution in [1.29, 1.82) is 0 Å². The first-order chi connectivity index (χ1) is 10.6. The van der Waals surface area contributed by atoms with Crippen LogP contribution in [0.3, 0.4) is 0 Å². The summed E-state index contributed by atoms with van der Waals surface area (Å²) in [5, 5.41) is 6.27. The van der Waals surface area contributed by atoms with E-state index in [0.717, 1.165) is 31.2 Å². The third kappa shape index (κ3) is 6.50. The number of hydrogen-bond acceptors (Lipinski definition) is 3. The standard InChI is InChI=1S/C18H29N3O.ClH/c1-14(2)16-5-4-6-17(11-16)20-18(22)13-21-9-7-15(8-10-21)12-19-3;/h4-6,11,14-15,19H,7-10,12-13H2,1-3H3,(H,20,22);1H. The minimum Gasteiger partial charge on any atom is -0.325 e. The predicted octanol–water partition coefficient (Wildman–Crippen LogP) is 3.10. The molecule has 1 aliphatic heterocycles. The fourth-order valence-electron chi connectivity index (χ4n) is 3.02. The summed E-state index contributed by atoms with van der Waals surface area (Å²) in [6.07, 6.45) is 2.36. The SMILES string of the molecule is CNCC1CCN(CC(=O)Nc2cccc(C(C)C)c2)CC1.Cl. The minimum atomic E-state index is 0. The van der Waals surface area contributed by atoms with E-state index in [-0.39, 0.29) is 18.3 Å². The van der Waals surface area contributed by atoms with E-state index in [1.54, 1.807) is 0 Å². The highest BCUT2D eigenvalue weighted by atomic mass is 35.5. The Morgan fingerprint density at radius 1 is 1.30 bits per heavy atom. The van der Waals surface area contributed by atoms with E-state index in [1.165, 1.54) is 18.4 Å². The van der Waals surface area contributed by atoms with Crippen molar-refractivity contribution in [3.8, 4) is 0 Å². The van der Waals surface area contributed by atoms with Gasteiger partial charge in [0.1, 0.15) is 0 Å². The number of nitrogens with zero attached hydrogens (tertiary/aromatic N) is 1. The first-order valence-corrected chi connectivity index (χ1v) is 8.35. The van der Waals surface area contributed by atoms with Gasteiger partial charge in [0.2, 0.25) is 5.91 Å². The minimum absolute atomic E-state index is 0. The van der Waals surface area contributed by atoms with E-state index in [2.05, 4.69) is 41.5 Å². The van der Waals surface area contributed by atoms with Gasteiger partial charge in [0, 0.05) is 5.69 Å². The van der Waals surface area contributed by atoms with Crippen LogP contribution < -0.4 is 10.6 Å². The third-order valence-electron chi connectivity index (χ3n) is 4.40. The zero-order chi connectivity index (χ0) is 15.9. The highest BCUT2D eigenvalue weighted by Gasteiger charge is 2.20. The van der Waals surface area contributed by atoms with Gasteiger partial charge in [-0.2, -0.15) is 0 Å². The van der Waals surface area contributed by atoms with E-state index < -0.39 is 0 Å². The molecule has 2 rings (SSSR count). The largest absolute Gasteiger partial charge is 0.325 e. The number of likely N-dealkylation sites (tertiary alicyclic amines) is 1. The summed E-state index contributed by atoms with van der Waals surface area (Å²) in [5.41, 5.74) is 2.16. The van der Waals surface area contributed by atoms with Gasteiger partial charge in [-0.25, -0.2) is 0 Å². The average molecular weight is 340 g/mol. The lowest BCUT2D eigenvalue weighted by Crippen LogP contribution is -2.40. The molecule has 0 aromatic heterocycles. The summed E-state index contributed by atoms with van der Waals surface area (Å²) < 4.78 is 0. The molecule has 0 spiro atoms. The topological polar surface area (TPSA) is 44.4 Å². The van der Waals surface area contributed by atoms with Crippen LogP contribution in [0.15, 0.2) is 24.3 Å². The van der Waals surface area contributed by atoms with Crippen LogP contribution in [0.25, 0.3) is 0 Å². The summed E-state index contributed by atoms with van der Waals surface area (Å²) >= 11 is 0. The first-order valence-electron chi connectivity index (χ1n) is 8.35. The van der Waals surface area contributed by atoms with Crippen LogP contribution in [-0.4, -0.2) is 44.0 Å².